The van der Waals surface area contributed by atoms with Crippen LogP contribution in [0.2, 0.25) is 0 Å². The normalized spacial score (nSPS) is 11.0. The van der Waals surface area contributed by atoms with Gasteiger partial charge in [-0.1, -0.05) is 69.7 Å². The van der Waals surface area contributed by atoms with Gasteiger partial charge in [-0.25, -0.2) is 9.13 Å². The van der Waals surface area contributed by atoms with E-state index < -0.39 is 5.97 Å². The lowest BCUT2D eigenvalue weighted by Crippen LogP contribution is -2.37. The van der Waals surface area contributed by atoms with Crippen molar-refractivity contribution >= 4 is 5.97 Å². The molecule has 26 heavy (non-hydrogen) atoms. The zero-order chi connectivity index (χ0) is 18.9. The Labute approximate surface area is 157 Å². The molecule has 0 radical (unpaired) electrons. The molecule has 1 aromatic heterocycles. The minimum Gasteiger partial charge on any atom is -0.545 e. The highest BCUT2D eigenvalue weighted by molar-refractivity contribution is 5.85. The van der Waals surface area contributed by atoms with Gasteiger partial charge in [0.05, 0.1) is 13.0 Å². The molecule has 0 aliphatic heterocycles. The number of aromatic nitrogens is 2. The molecule has 0 amide bonds. The second-order valence-corrected chi connectivity index (χ2v) is 7.23. The monoisotopic (exact) mass is 356 g/mol. The van der Waals surface area contributed by atoms with Crippen molar-refractivity contribution in [1.82, 2.24) is 4.57 Å². The van der Waals surface area contributed by atoms with E-state index in [0.717, 1.165) is 18.5 Å². The molecular weight excluding hydrogens is 324 g/mol. The Morgan fingerprint density at radius 1 is 1.04 bits per heavy atom. The van der Waals surface area contributed by atoms with E-state index in [-0.39, 0.29) is 5.56 Å². The molecule has 0 unspecified atom stereocenters. The number of hydrogen-bond donors (Lipinski definition) is 0. The summed E-state index contributed by atoms with van der Waals surface area (Å²) < 4.78 is 4.56. The lowest BCUT2D eigenvalue weighted by molar-refractivity contribution is -0.695. The molecule has 1 heterocycles. The van der Waals surface area contributed by atoms with Gasteiger partial charge in [0.1, 0.15) is 18.4 Å². The summed E-state index contributed by atoms with van der Waals surface area (Å²) in [7, 11) is 2.13. The number of unbranched alkanes of at least 4 members (excludes halogenated alkanes) is 6. The van der Waals surface area contributed by atoms with Gasteiger partial charge in [-0.05, 0) is 17.5 Å². The van der Waals surface area contributed by atoms with Gasteiger partial charge in [-0.15, -0.1) is 0 Å². The number of aromatic carboxylic acids is 1. The average molecular weight is 357 g/mol. The lowest BCUT2D eigenvalue weighted by Gasteiger charge is -2.06. The van der Waals surface area contributed by atoms with E-state index in [9.17, 15) is 9.90 Å². The summed E-state index contributed by atoms with van der Waals surface area (Å²) in [6.45, 7) is 5.15. The Morgan fingerprint density at radius 2 is 1.65 bits per heavy atom. The van der Waals surface area contributed by atoms with Crippen LogP contribution >= 0.6 is 0 Å². The number of aryl methyl sites for hydroxylation is 1. The molecule has 0 aliphatic carbocycles. The maximum atomic E-state index is 10.9. The quantitative estimate of drug-likeness (QED) is 0.458. The molecule has 0 saturated carbocycles. The van der Waals surface area contributed by atoms with Crippen LogP contribution in [0.4, 0.5) is 0 Å². The van der Waals surface area contributed by atoms with E-state index in [0.29, 0.717) is 0 Å². The third-order valence-corrected chi connectivity index (χ3v) is 5.14. The lowest BCUT2D eigenvalue weighted by atomic mass is 10.1. The second-order valence-electron chi connectivity index (χ2n) is 7.23. The summed E-state index contributed by atoms with van der Waals surface area (Å²) in [5, 5.41) is 10.9. The van der Waals surface area contributed by atoms with Crippen LogP contribution < -0.4 is 9.67 Å². The summed E-state index contributed by atoms with van der Waals surface area (Å²) in [5.41, 5.74) is 2.58. The largest absolute Gasteiger partial charge is 0.545 e. The van der Waals surface area contributed by atoms with Crippen LogP contribution in [0.15, 0.2) is 30.5 Å². The maximum Gasteiger partial charge on any atom is 0.256 e. The molecule has 0 bridgehead atoms. The minimum absolute atomic E-state index is 0.228. The van der Waals surface area contributed by atoms with E-state index in [1.165, 1.54) is 56.5 Å². The first-order valence-corrected chi connectivity index (χ1v) is 9.87. The number of rotatable bonds is 11. The van der Waals surface area contributed by atoms with Gasteiger partial charge in [-0.2, -0.15) is 0 Å². The van der Waals surface area contributed by atoms with Crippen molar-refractivity contribution < 1.29 is 14.5 Å². The number of imidazole rings is 1. The van der Waals surface area contributed by atoms with Gasteiger partial charge in [0.2, 0.25) is 0 Å². The summed E-state index contributed by atoms with van der Waals surface area (Å²) in [4.78, 5) is 10.9. The fourth-order valence-corrected chi connectivity index (χ4v) is 3.41. The molecule has 0 aliphatic rings. The molecule has 4 nitrogen and oxygen atoms in total. The molecule has 0 N–H and O–H groups in total. The highest BCUT2D eigenvalue weighted by atomic mass is 16.4. The fraction of sp³-hybridized carbons (Fsp3) is 0.545. The van der Waals surface area contributed by atoms with Crippen LogP contribution in [-0.4, -0.2) is 10.5 Å². The van der Waals surface area contributed by atoms with Crippen molar-refractivity contribution in [1.29, 1.82) is 0 Å². The predicted octanol–water partition coefficient (Wildman–Crippen LogP) is 3.33. The van der Waals surface area contributed by atoms with Gasteiger partial charge in [0, 0.05) is 13.3 Å². The van der Waals surface area contributed by atoms with Crippen molar-refractivity contribution in [3.8, 4) is 0 Å². The summed E-state index contributed by atoms with van der Waals surface area (Å²) in [5.74, 6) is 0.208. The third-order valence-electron chi connectivity index (χ3n) is 5.14. The van der Waals surface area contributed by atoms with Gasteiger partial charge < -0.3 is 9.90 Å². The molecule has 0 fully saturated rings. The first-order valence-electron chi connectivity index (χ1n) is 9.87. The van der Waals surface area contributed by atoms with Gasteiger partial charge in [0.25, 0.3) is 5.82 Å². The topological polar surface area (TPSA) is 48.9 Å². The number of nitrogens with zero attached hydrogens (tertiary/aromatic N) is 2. The number of carboxylic acids is 1. The Bertz CT molecular complexity index is 702. The van der Waals surface area contributed by atoms with Crippen molar-refractivity contribution in [2.75, 3.05) is 0 Å². The zero-order valence-corrected chi connectivity index (χ0v) is 16.5. The van der Waals surface area contributed by atoms with Gasteiger partial charge in [0.15, 0.2) is 0 Å². The Balaban J connectivity index is 1.94. The predicted molar refractivity (Wildman–Crippen MR) is 102 cm³/mol. The van der Waals surface area contributed by atoms with E-state index in [1.54, 1.807) is 12.1 Å². The van der Waals surface area contributed by atoms with Crippen LogP contribution in [0.1, 0.15) is 79.3 Å². The Hall–Kier alpha value is -2.10. The second kappa shape index (κ2) is 10.1. The number of carbonyl (C=O) groups excluding carboxylic acids is 1. The van der Waals surface area contributed by atoms with Crippen LogP contribution in [0.3, 0.4) is 0 Å². The van der Waals surface area contributed by atoms with Crippen LogP contribution in [0, 0.1) is 6.92 Å². The van der Waals surface area contributed by atoms with Crippen molar-refractivity contribution in [3.63, 3.8) is 0 Å². The summed E-state index contributed by atoms with van der Waals surface area (Å²) in [6, 6.07) is 6.99. The number of carboxylic acid groups (broad SMARTS) is 1. The van der Waals surface area contributed by atoms with Crippen molar-refractivity contribution in [2.24, 2.45) is 7.05 Å². The van der Waals surface area contributed by atoms with E-state index in [1.807, 2.05) is 12.1 Å². The van der Waals surface area contributed by atoms with Crippen molar-refractivity contribution in [2.45, 2.75) is 71.8 Å². The zero-order valence-electron chi connectivity index (χ0n) is 16.5. The Morgan fingerprint density at radius 3 is 2.27 bits per heavy atom. The summed E-state index contributed by atoms with van der Waals surface area (Å²) >= 11 is 0. The van der Waals surface area contributed by atoms with Crippen LogP contribution in [0.25, 0.3) is 0 Å². The standard InChI is InChI=1S/C22H32N2O2/c1-4-5-6-7-8-9-10-11-21-23(3)18(2)16-24(21)17-19-12-14-20(15-13-19)22(25)26/h12-16H,4-11,17H2,1-3H3. The fourth-order valence-electron chi connectivity index (χ4n) is 3.41. The first-order chi connectivity index (χ1) is 12.5. The molecule has 4 heteroatoms. The molecule has 0 spiro atoms. The van der Waals surface area contributed by atoms with E-state index in [2.05, 4.69) is 36.2 Å². The highest BCUT2D eigenvalue weighted by Crippen LogP contribution is 2.11. The smallest absolute Gasteiger partial charge is 0.256 e. The minimum atomic E-state index is -1.13. The molecule has 0 atom stereocenters. The van der Waals surface area contributed by atoms with E-state index >= 15 is 0 Å². The van der Waals surface area contributed by atoms with Crippen LogP contribution in [0.5, 0.6) is 0 Å². The molecule has 1 aromatic carbocycles. The molecular formula is C22H32N2O2. The Kier molecular flexibility index (Phi) is 7.89. The molecule has 0 saturated heterocycles. The number of carbonyl (C=O) groups is 1. The summed E-state index contributed by atoms with van der Waals surface area (Å²) in [6.07, 6.45) is 12.5. The average Bonchev–Trinajstić information content (AvgIpc) is 2.88. The third kappa shape index (κ3) is 5.72. The number of benzene rings is 1. The molecule has 142 valence electrons. The first kappa shape index (κ1) is 20.2. The van der Waals surface area contributed by atoms with Gasteiger partial charge >= 0.3 is 0 Å². The van der Waals surface area contributed by atoms with Crippen LogP contribution in [-0.2, 0) is 20.0 Å². The van der Waals surface area contributed by atoms with E-state index in [4.69, 9.17) is 0 Å². The number of hydrogen-bond acceptors (Lipinski definition) is 2. The van der Waals surface area contributed by atoms with Crippen molar-refractivity contribution in [3.05, 3.63) is 53.1 Å². The molecule has 2 aromatic rings. The SMILES string of the molecule is CCCCCCCCCc1n(C)c(C)c[n+]1Cc1ccc(C(=O)[O-])cc1. The van der Waals surface area contributed by atoms with Gasteiger partial charge in [-0.3, -0.25) is 0 Å². The highest BCUT2D eigenvalue weighted by Gasteiger charge is 2.18. The molecule has 2 rings (SSSR count). The maximum absolute atomic E-state index is 10.9.